The third-order valence-electron chi connectivity index (χ3n) is 5.90. The summed E-state index contributed by atoms with van der Waals surface area (Å²) in [6, 6.07) is 11.8. The Labute approximate surface area is 164 Å². The first-order valence-electron chi connectivity index (χ1n) is 9.69. The van der Waals surface area contributed by atoms with Crippen LogP contribution in [0.2, 0.25) is 0 Å². The number of β-amino-alcohol motifs (C(OH)–C–C–N with tert-alkyl or cyclic N) is 1. The quantitative estimate of drug-likeness (QED) is 0.844. The Morgan fingerprint density at radius 1 is 1.25 bits per heavy atom. The summed E-state index contributed by atoms with van der Waals surface area (Å²) in [4.78, 5) is 2.21. The zero-order valence-electron chi connectivity index (χ0n) is 16.0. The normalized spacial score (nSPS) is 22.4. The second kappa shape index (κ2) is 7.70. The Kier molecular flexibility index (Phi) is 5.27. The Morgan fingerprint density at radius 2 is 2.04 bits per heavy atom. The Morgan fingerprint density at radius 3 is 2.79 bits per heavy atom. The Bertz CT molecular complexity index is 835. The van der Waals surface area contributed by atoms with Gasteiger partial charge in [-0.25, -0.2) is 4.39 Å². The zero-order valence-corrected chi connectivity index (χ0v) is 16.0. The van der Waals surface area contributed by atoms with E-state index in [4.69, 9.17) is 9.47 Å². The number of halogens is 1. The lowest BCUT2D eigenvalue weighted by atomic mass is 9.81. The molecule has 2 aliphatic heterocycles. The summed E-state index contributed by atoms with van der Waals surface area (Å²) in [5.41, 5.74) is 0.934. The molecule has 0 amide bonds. The van der Waals surface area contributed by atoms with Crippen LogP contribution in [0.25, 0.3) is 0 Å². The van der Waals surface area contributed by atoms with Crippen molar-refractivity contribution in [1.29, 1.82) is 0 Å². The molecule has 0 radical (unpaired) electrons. The number of fused-ring (bicyclic) bond motifs is 1. The van der Waals surface area contributed by atoms with Gasteiger partial charge in [-0.1, -0.05) is 12.1 Å². The van der Waals surface area contributed by atoms with E-state index >= 15 is 0 Å². The number of aliphatic hydroxyl groups is 2. The van der Waals surface area contributed by atoms with Crippen LogP contribution in [-0.4, -0.2) is 47.5 Å². The highest BCUT2D eigenvalue weighted by atomic mass is 19.1. The largest absolute Gasteiger partial charge is 0.497 e. The lowest BCUT2D eigenvalue weighted by Gasteiger charge is -2.46. The summed E-state index contributed by atoms with van der Waals surface area (Å²) in [5, 5.41) is 21.1. The third-order valence-corrected chi connectivity index (χ3v) is 5.90. The van der Waals surface area contributed by atoms with Gasteiger partial charge in [0.2, 0.25) is 0 Å². The van der Waals surface area contributed by atoms with Gasteiger partial charge in [-0.05, 0) is 48.7 Å². The van der Waals surface area contributed by atoms with Crippen molar-refractivity contribution in [1.82, 2.24) is 4.90 Å². The fourth-order valence-electron chi connectivity index (χ4n) is 4.26. The Balaban J connectivity index is 1.38. The molecule has 0 unspecified atom stereocenters. The van der Waals surface area contributed by atoms with E-state index in [1.165, 1.54) is 12.1 Å². The number of nitrogens with zero attached hydrogens (tertiary/aromatic N) is 1. The number of methoxy groups -OCH3 is 1. The molecule has 4 rings (SSSR count). The molecule has 150 valence electrons. The minimum Gasteiger partial charge on any atom is -0.497 e. The molecule has 1 saturated heterocycles. The van der Waals surface area contributed by atoms with Gasteiger partial charge in [-0.2, -0.15) is 0 Å². The highest BCUT2D eigenvalue weighted by molar-refractivity contribution is 5.38. The van der Waals surface area contributed by atoms with E-state index in [-0.39, 0.29) is 5.82 Å². The molecule has 1 fully saturated rings. The molecular weight excluding hydrogens is 361 g/mol. The number of likely N-dealkylation sites (tertiary alicyclic amines) is 1. The summed E-state index contributed by atoms with van der Waals surface area (Å²) in [7, 11) is 1.61. The van der Waals surface area contributed by atoms with Gasteiger partial charge in [0.25, 0.3) is 0 Å². The second-order valence-electron chi connectivity index (χ2n) is 7.78. The van der Waals surface area contributed by atoms with Crippen molar-refractivity contribution in [2.75, 3.05) is 26.7 Å². The van der Waals surface area contributed by atoms with E-state index < -0.39 is 17.8 Å². The van der Waals surface area contributed by atoms with Crippen LogP contribution in [0.1, 0.15) is 42.6 Å². The van der Waals surface area contributed by atoms with Gasteiger partial charge in [0, 0.05) is 31.6 Å². The Hall–Kier alpha value is -2.15. The minimum absolute atomic E-state index is 0.362. The molecule has 2 aliphatic rings. The first kappa shape index (κ1) is 19.2. The van der Waals surface area contributed by atoms with Crippen LogP contribution in [0.15, 0.2) is 42.5 Å². The van der Waals surface area contributed by atoms with Gasteiger partial charge >= 0.3 is 0 Å². The van der Waals surface area contributed by atoms with Crippen molar-refractivity contribution in [3.8, 4) is 11.5 Å². The molecule has 0 aromatic heterocycles. The van der Waals surface area contributed by atoms with Crippen LogP contribution in [0, 0.1) is 5.82 Å². The van der Waals surface area contributed by atoms with Crippen LogP contribution in [0.5, 0.6) is 11.5 Å². The van der Waals surface area contributed by atoms with E-state index in [1.54, 1.807) is 13.2 Å². The van der Waals surface area contributed by atoms with Crippen molar-refractivity contribution in [2.45, 2.75) is 37.1 Å². The van der Waals surface area contributed by atoms with Crippen LogP contribution >= 0.6 is 0 Å². The van der Waals surface area contributed by atoms with Gasteiger partial charge in [0.05, 0.1) is 19.3 Å². The summed E-state index contributed by atoms with van der Waals surface area (Å²) < 4.78 is 24.9. The number of hydrogen-bond donors (Lipinski definition) is 2. The van der Waals surface area contributed by atoms with E-state index in [0.717, 1.165) is 37.2 Å². The number of ether oxygens (including phenoxy) is 2. The van der Waals surface area contributed by atoms with E-state index in [2.05, 4.69) is 4.90 Å². The number of hydrogen-bond acceptors (Lipinski definition) is 5. The molecule has 0 saturated carbocycles. The standard InChI is InChI=1S/C22H26FNO4/c1-27-17-4-2-3-15(11-17)20(26)14-24-9-7-22(8-10-24)13-19(25)18-12-16(23)5-6-21(18)28-22/h2-6,11-12,19-20,25-26H,7-10,13-14H2,1H3/t19-,20-/m1/s1. The van der Waals surface area contributed by atoms with Gasteiger partial charge in [-0.15, -0.1) is 0 Å². The minimum atomic E-state index is -0.714. The summed E-state index contributed by atoms with van der Waals surface area (Å²) >= 11 is 0. The van der Waals surface area contributed by atoms with Crippen LogP contribution in [0.4, 0.5) is 4.39 Å². The molecule has 2 atom stereocenters. The van der Waals surface area contributed by atoms with Crippen molar-refractivity contribution < 1.29 is 24.1 Å². The smallest absolute Gasteiger partial charge is 0.126 e. The monoisotopic (exact) mass is 387 g/mol. The van der Waals surface area contributed by atoms with Crippen molar-refractivity contribution in [3.05, 3.63) is 59.4 Å². The fourth-order valence-corrected chi connectivity index (χ4v) is 4.26. The molecular formula is C22H26FNO4. The number of benzene rings is 2. The SMILES string of the molecule is COc1cccc([C@H](O)CN2CCC3(CC2)C[C@@H](O)c2cc(F)ccc2O3)c1. The molecule has 2 aromatic carbocycles. The average molecular weight is 387 g/mol. The zero-order chi connectivity index (χ0) is 19.7. The lowest BCUT2D eigenvalue weighted by Crippen LogP contribution is -2.51. The topological polar surface area (TPSA) is 62.2 Å². The maximum Gasteiger partial charge on any atom is 0.126 e. The first-order chi connectivity index (χ1) is 13.5. The summed E-state index contributed by atoms with van der Waals surface area (Å²) in [5.74, 6) is 0.942. The predicted octanol–water partition coefficient (Wildman–Crippen LogP) is 3.22. The predicted molar refractivity (Wildman–Crippen MR) is 103 cm³/mol. The maximum atomic E-state index is 13.5. The highest BCUT2D eigenvalue weighted by Gasteiger charge is 2.43. The first-order valence-corrected chi connectivity index (χ1v) is 9.69. The van der Waals surface area contributed by atoms with E-state index in [9.17, 15) is 14.6 Å². The van der Waals surface area contributed by atoms with Gasteiger partial charge < -0.3 is 24.6 Å². The number of aliphatic hydroxyl groups excluding tert-OH is 2. The van der Waals surface area contributed by atoms with Crippen molar-refractivity contribution >= 4 is 0 Å². The van der Waals surface area contributed by atoms with Crippen molar-refractivity contribution in [3.63, 3.8) is 0 Å². The molecule has 0 bridgehead atoms. The molecule has 2 N–H and O–H groups in total. The maximum absolute atomic E-state index is 13.5. The lowest BCUT2D eigenvalue weighted by molar-refractivity contribution is -0.0589. The van der Waals surface area contributed by atoms with Crippen LogP contribution < -0.4 is 9.47 Å². The van der Waals surface area contributed by atoms with Gasteiger partial charge in [0.15, 0.2) is 0 Å². The van der Waals surface area contributed by atoms with E-state index in [1.807, 2.05) is 24.3 Å². The van der Waals surface area contributed by atoms with Gasteiger partial charge in [-0.3, -0.25) is 0 Å². The van der Waals surface area contributed by atoms with Crippen molar-refractivity contribution in [2.24, 2.45) is 0 Å². The number of piperidine rings is 1. The molecule has 5 nitrogen and oxygen atoms in total. The summed E-state index contributed by atoms with van der Waals surface area (Å²) in [6.07, 6.45) is 0.673. The number of rotatable bonds is 4. The van der Waals surface area contributed by atoms with Crippen LogP contribution in [0.3, 0.4) is 0 Å². The van der Waals surface area contributed by atoms with Crippen LogP contribution in [-0.2, 0) is 0 Å². The molecule has 2 heterocycles. The molecule has 6 heteroatoms. The molecule has 0 aliphatic carbocycles. The molecule has 28 heavy (non-hydrogen) atoms. The van der Waals surface area contributed by atoms with Gasteiger partial charge in [0.1, 0.15) is 22.9 Å². The van der Waals surface area contributed by atoms with E-state index in [0.29, 0.717) is 24.3 Å². The molecule has 2 aromatic rings. The highest BCUT2D eigenvalue weighted by Crippen LogP contribution is 2.44. The summed E-state index contributed by atoms with van der Waals surface area (Å²) in [6.45, 7) is 2.07. The average Bonchev–Trinajstić information content (AvgIpc) is 2.70. The second-order valence-corrected chi connectivity index (χ2v) is 7.78. The fraction of sp³-hybridized carbons (Fsp3) is 0.455. The third kappa shape index (κ3) is 3.85. The molecule has 1 spiro atoms.